The molecule has 124 valence electrons. The third-order valence-corrected chi connectivity index (χ3v) is 4.59. The summed E-state index contributed by atoms with van der Waals surface area (Å²) in [6.45, 7) is 6.15. The van der Waals surface area contributed by atoms with Crippen LogP contribution in [0.4, 0.5) is 5.95 Å². The molecule has 0 amide bonds. The first-order chi connectivity index (χ1) is 11.0. The summed E-state index contributed by atoms with van der Waals surface area (Å²) in [5.74, 6) is 2.38. The number of piperidine rings is 1. The Kier molecular flexibility index (Phi) is 4.56. The zero-order valence-electron chi connectivity index (χ0n) is 14.0. The normalized spacial score (nSPS) is 16.8. The van der Waals surface area contributed by atoms with Crippen molar-refractivity contribution in [2.75, 3.05) is 25.9 Å². The van der Waals surface area contributed by atoms with Crippen LogP contribution in [0.1, 0.15) is 41.5 Å². The molecule has 0 bridgehead atoms. The van der Waals surface area contributed by atoms with Crippen LogP contribution in [0, 0.1) is 19.8 Å². The second kappa shape index (κ2) is 6.62. The maximum absolute atomic E-state index is 5.66. The Morgan fingerprint density at radius 3 is 2.43 bits per heavy atom. The summed E-state index contributed by atoms with van der Waals surface area (Å²) in [5.41, 5.74) is 8.40. The van der Waals surface area contributed by atoms with E-state index < -0.39 is 0 Å². The number of rotatable bonds is 4. The van der Waals surface area contributed by atoms with Crippen molar-refractivity contribution in [3.63, 3.8) is 0 Å². The largest absolute Gasteiger partial charge is 0.368 e. The molecule has 3 rings (SSSR count). The van der Waals surface area contributed by atoms with Gasteiger partial charge in [0.05, 0.1) is 6.42 Å². The fourth-order valence-corrected chi connectivity index (χ4v) is 3.14. The van der Waals surface area contributed by atoms with Gasteiger partial charge in [0, 0.05) is 23.4 Å². The second-order valence-corrected chi connectivity index (χ2v) is 6.46. The first-order valence-electron chi connectivity index (χ1n) is 8.11. The highest BCUT2D eigenvalue weighted by Gasteiger charge is 2.20. The van der Waals surface area contributed by atoms with E-state index in [0.29, 0.717) is 24.2 Å². The fraction of sp³-hybridized carbons (Fsp3) is 0.625. The van der Waals surface area contributed by atoms with Crippen LogP contribution in [-0.2, 0) is 12.8 Å². The SMILES string of the molecule is Cc1nc(N)nc(C)c1Cc1nc(CC2CCN(C)CC2)no1. The Bertz CT molecular complexity index is 652. The van der Waals surface area contributed by atoms with Crippen LogP contribution in [0.2, 0.25) is 0 Å². The lowest BCUT2D eigenvalue weighted by atomic mass is 9.94. The van der Waals surface area contributed by atoms with Crippen molar-refractivity contribution < 1.29 is 4.52 Å². The third-order valence-electron chi connectivity index (χ3n) is 4.59. The molecule has 0 aliphatic carbocycles. The summed E-state index contributed by atoms with van der Waals surface area (Å²) in [5, 5.41) is 4.14. The number of hydrogen-bond acceptors (Lipinski definition) is 7. The molecule has 7 heteroatoms. The predicted octanol–water partition coefficient (Wildman–Crippen LogP) is 1.53. The maximum Gasteiger partial charge on any atom is 0.231 e. The molecule has 2 aromatic heterocycles. The van der Waals surface area contributed by atoms with Gasteiger partial charge in [0.25, 0.3) is 0 Å². The number of nitrogens with two attached hydrogens (primary N) is 1. The smallest absolute Gasteiger partial charge is 0.231 e. The minimum Gasteiger partial charge on any atom is -0.368 e. The minimum absolute atomic E-state index is 0.303. The van der Waals surface area contributed by atoms with Gasteiger partial charge in [-0.1, -0.05) is 5.16 Å². The van der Waals surface area contributed by atoms with E-state index in [1.54, 1.807) is 0 Å². The monoisotopic (exact) mass is 316 g/mol. The van der Waals surface area contributed by atoms with Crippen molar-refractivity contribution in [1.82, 2.24) is 25.0 Å². The van der Waals surface area contributed by atoms with Crippen LogP contribution in [0.5, 0.6) is 0 Å². The molecule has 0 aromatic carbocycles. The van der Waals surface area contributed by atoms with Gasteiger partial charge in [-0.05, 0) is 52.7 Å². The van der Waals surface area contributed by atoms with E-state index in [1.807, 2.05) is 13.8 Å². The molecule has 1 aliphatic rings. The predicted molar refractivity (Wildman–Crippen MR) is 86.9 cm³/mol. The molecule has 7 nitrogen and oxygen atoms in total. The average Bonchev–Trinajstić information content (AvgIpc) is 2.93. The van der Waals surface area contributed by atoms with E-state index >= 15 is 0 Å². The lowest BCUT2D eigenvalue weighted by Crippen LogP contribution is -2.31. The maximum atomic E-state index is 5.66. The van der Waals surface area contributed by atoms with Crippen molar-refractivity contribution in [3.05, 3.63) is 28.7 Å². The molecule has 2 N–H and O–H groups in total. The van der Waals surface area contributed by atoms with Gasteiger partial charge in [-0.2, -0.15) is 4.98 Å². The van der Waals surface area contributed by atoms with Crippen LogP contribution in [0.3, 0.4) is 0 Å². The summed E-state index contributed by atoms with van der Waals surface area (Å²) in [6.07, 6.45) is 3.85. The Hall–Kier alpha value is -2.02. The van der Waals surface area contributed by atoms with Gasteiger partial charge in [0.1, 0.15) is 0 Å². The van der Waals surface area contributed by atoms with Crippen LogP contribution >= 0.6 is 0 Å². The quantitative estimate of drug-likeness (QED) is 0.914. The van der Waals surface area contributed by atoms with Crippen LogP contribution in [0.15, 0.2) is 4.52 Å². The van der Waals surface area contributed by atoms with Gasteiger partial charge >= 0.3 is 0 Å². The van der Waals surface area contributed by atoms with Crippen LogP contribution in [-0.4, -0.2) is 45.1 Å². The molecule has 2 aromatic rings. The fourth-order valence-electron chi connectivity index (χ4n) is 3.14. The summed E-state index contributed by atoms with van der Waals surface area (Å²) in [6, 6.07) is 0. The molecule has 0 radical (unpaired) electrons. The van der Waals surface area contributed by atoms with Crippen molar-refractivity contribution in [1.29, 1.82) is 0 Å². The number of anilines is 1. The van der Waals surface area contributed by atoms with Crippen molar-refractivity contribution in [2.45, 2.75) is 39.5 Å². The Balaban J connectivity index is 1.66. The summed E-state index contributed by atoms with van der Waals surface area (Å²) < 4.78 is 5.41. The van der Waals surface area contributed by atoms with Crippen molar-refractivity contribution in [2.24, 2.45) is 5.92 Å². The highest BCUT2D eigenvalue weighted by atomic mass is 16.5. The summed E-state index contributed by atoms with van der Waals surface area (Å²) in [7, 11) is 2.17. The highest BCUT2D eigenvalue weighted by molar-refractivity contribution is 5.32. The molecule has 1 saturated heterocycles. The Morgan fingerprint density at radius 2 is 1.78 bits per heavy atom. The van der Waals surface area contributed by atoms with E-state index in [-0.39, 0.29) is 0 Å². The van der Waals surface area contributed by atoms with E-state index in [0.717, 1.165) is 42.3 Å². The minimum atomic E-state index is 0.303. The van der Waals surface area contributed by atoms with Crippen molar-refractivity contribution >= 4 is 5.95 Å². The third kappa shape index (κ3) is 3.85. The molecule has 1 aliphatic heterocycles. The summed E-state index contributed by atoms with van der Waals surface area (Å²) >= 11 is 0. The molecule has 3 heterocycles. The number of likely N-dealkylation sites (tertiary alicyclic amines) is 1. The Morgan fingerprint density at radius 1 is 1.13 bits per heavy atom. The zero-order chi connectivity index (χ0) is 16.4. The van der Waals surface area contributed by atoms with Crippen molar-refractivity contribution in [3.8, 4) is 0 Å². The second-order valence-electron chi connectivity index (χ2n) is 6.46. The number of aryl methyl sites for hydroxylation is 2. The number of aromatic nitrogens is 4. The highest BCUT2D eigenvalue weighted by Crippen LogP contribution is 2.20. The summed E-state index contributed by atoms with van der Waals surface area (Å²) in [4.78, 5) is 15.3. The van der Waals surface area contributed by atoms with E-state index in [4.69, 9.17) is 10.3 Å². The Labute approximate surface area is 136 Å². The molecular formula is C16H24N6O. The van der Waals surface area contributed by atoms with Gasteiger partial charge in [-0.15, -0.1) is 0 Å². The molecule has 0 atom stereocenters. The van der Waals surface area contributed by atoms with Gasteiger partial charge in [-0.3, -0.25) is 0 Å². The lowest BCUT2D eigenvalue weighted by Gasteiger charge is -2.28. The first-order valence-corrected chi connectivity index (χ1v) is 8.11. The molecule has 1 fully saturated rings. The molecular weight excluding hydrogens is 292 g/mol. The number of hydrogen-bond donors (Lipinski definition) is 1. The lowest BCUT2D eigenvalue weighted by molar-refractivity contribution is 0.216. The van der Waals surface area contributed by atoms with Gasteiger partial charge < -0.3 is 15.2 Å². The molecule has 0 saturated carbocycles. The van der Waals surface area contributed by atoms with Gasteiger partial charge in [-0.25, -0.2) is 9.97 Å². The number of nitrogen functional groups attached to an aromatic ring is 1. The standard InChI is InChI=1S/C16H24N6O/c1-10-13(11(2)19-16(17)18-10)9-15-20-14(21-23-15)8-12-4-6-22(3)7-5-12/h12H,4-9H2,1-3H3,(H2,17,18,19). The van der Waals surface area contributed by atoms with Crippen LogP contribution in [0.25, 0.3) is 0 Å². The molecule has 0 spiro atoms. The molecule has 23 heavy (non-hydrogen) atoms. The average molecular weight is 316 g/mol. The van der Waals surface area contributed by atoms with Crippen LogP contribution < -0.4 is 5.73 Å². The van der Waals surface area contributed by atoms with Gasteiger partial charge in [0.2, 0.25) is 11.8 Å². The molecule has 0 unspecified atom stereocenters. The van der Waals surface area contributed by atoms with E-state index in [1.165, 1.54) is 12.8 Å². The first kappa shape index (κ1) is 15.9. The van der Waals surface area contributed by atoms with Gasteiger partial charge in [0.15, 0.2) is 5.82 Å². The zero-order valence-corrected chi connectivity index (χ0v) is 14.0. The topological polar surface area (TPSA) is 94.0 Å². The van der Waals surface area contributed by atoms with E-state index in [2.05, 4.69) is 32.1 Å². The van der Waals surface area contributed by atoms with E-state index in [9.17, 15) is 0 Å². The number of nitrogens with zero attached hydrogens (tertiary/aromatic N) is 5.